The van der Waals surface area contributed by atoms with Gasteiger partial charge in [-0.15, -0.1) is 10.2 Å². The molecule has 0 aliphatic carbocycles. The number of rotatable bonds is 4. The minimum absolute atomic E-state index is 0.00399. The fraction of sp³-hybridized carbons (Fsp3) is 0. The molecule has 0 amide bonds. The maximum atomic E-state index is 10.9. The number of nitriles is 1. The number of nitrogens with zero attached hydrogens (tertiary/aromatic N) is 5. The molecular weight excluding hydrogens is 396 g/mol. The van der Waals surface area contributed by atoms with Crippen molar-refractivity contribution in [2.24, 2.45) is 10.2 Å². The van der Waals surface area contributed by atoms with E-state index in [9.17, 15) is 15.4 Å². The standard InChI is InChI=1S/C18H10N6O2S2/c19-9-12-15(10-4-2-1-3-5-10)17(28-16(12)20)22-23-18-21-13-7-6-11(24(25)26)8-14(13)27-18/h1-8H,20H2/b23-22+. The Bertz CT molecular complexity index is 1270. The number of hydrogen-bond acceptors (Lipinski definition) is 9. The van der Waals surface area contributed by atoms with E-state index in [4.69, 9.17) is 5.73 Å². The molecule has 0 saturated heterocycles. The molecule has 0 spiro atoms. The second-order valence-corrected chi connectivity index (χ2v) is 7.64. The minimum Gasteiger partial charge on any atom is -0.389 e. The van der Waals surface area contributed by atoms with E-state index in [1.165, 1.54) is 34.8 Å². The van der Waals surface area contributed by atoms with Gasteiger partial charge in [0.05, 0.1) is 20.7 Å². The van der Waals surface area contributed by atoms with Crippen molar-refractivity contribution in [3.63, 3.8) is 0 Å². The third-order valence-corrected chi connectivity index (χ3v) is 5.69. The second kappa shape index (κ2) is 7.15. The van der Waals surface area contributed by atoms with E-state index in [1.54, 1.807) is 6.07 Å². The predicted molar refractivity (Wildman–Crippen MR) is 109 cm³/mol. The van der Waals surface area contributed by atoms with Crippen molar-refractivity contribution >= 4 is 53.7 Å². The predicted octanol–water partition coefficient (Wildman–Crippen LogP) is 5.80. The molecule has 8 nitrogen and oxygen atoms in total. The van der Waals surface area contributed by atoms with Crippen LogP contribution in [0, 0.1) is 21.4 Å². The van der Waals surface area contributed by atoms with E-state index >= 15 is 0 Å². The Morgan fingerprint density at radius 1 is 1.14 bits per heavy atom. The monoisotopic (exact) mass is 406 g/mol. The smallest absolute Gasteiger partial charge is 0.270 e. The molecule has 2 N–H and O–H groups in total. The van der Waals surface area contributed by atoms with Crippen molar-refractivity contribution in [3.05, 3.63) is 64.2 Å². The van der Waals surface area contributed by atoms with Crippen LogP contribution in [-0.4, -0.2) is 9.91 Å². The normalized spacial score (nSPS) is 11.1. The summed E-state index contributed by atoms with van der Waals surface area (Å²) in [7, 11) is 0. The summed E-state index contributed by atoms with van der Waals surface area (Å²) < 4.78 is 0.648. The molecule has 2 aromatic carbocycles. The summed E-state index contributed by atoms with van der Waals surface area (Å²) in [6, 6.07) is 15.9. The van der Waals surface area contributed by atoms with Gasteiger partial charge in [0, 0.05) is 17.7 Å². The first-order chi connectivity index (χ1) is 13.6. The molecule has 0 saturated carbocycles. The maximum Gasteiger partial charge on any atom is 0.270 e. The van der Waals surface area contributed by atoms with E-state index in [-0.39, 0.29) is 5.69 Å². The zero-order chi connectivity index (χ0) is 19.7. The molecule has 0 radical (unpaired) electrons. The lowest BCUT2D eigenvalue weighted by atomic mass is 10.0. The largest absolute Gasteiger partial charge is 0.389 e. The van der Waals surface area contributed by atoms with Crippen molar-refractivity contribution in [1.29, 1.82) is 5.26 Å². The van der Waals surface area contributed by atoms with E-state index in [2.05, 4.69) is 21.3 Å². The molecule has 136 valence electrons. The average molecular weight is 406 g/mol. The summed E-state index contributed by atoms with van der Waals surface area (Å²) in [5.41, 5.74) is 8.40. The van der Waals surface area contributed by atoms with Crippen molar-refractivity contribution in [2.75, 3.05) is 5.73 Å². The van der Waals surface area contributed by atoms with Gasteiger partial charge in [0.2, 0.25) is 5.13 Å². The van der Waals surface area contributed by atoms with Gasteiger partial charge in [-0.1, -0.05) is 53.0 Å². The fourth-order valence-electron chi connectivity index (χ4n) is 2.64. The van der Waals surface area contributed by atoms with Crippen LogP contribution in [0.15, 0.2) is 58.8 Å². The molecule has 0 bridgehead atoms. The van der Waals surface area contributed by atoms with Crippen LogP contribution >= 0.6 is 22.7 Å². The number of thiophene rings is 1. The molecule has 0 unspecified atom stereocenters. The first-order valence-electron chi connectivity index (χ1n) is 7.91. The highest BCUT2D eigenvalue weighted by Crippen LogP contribution is 2.45. The number of thiazole rings is 1. The van der Waals surface area contributed by atoms with E-state index in [1.807, 2.05) is 30.3 Å². The third-order valence-electron chi connectivity index (χ3n) is 3.89. The van der Waals surface area contributed by atoms with Gasteiger partial charge in [-0.05, 0) is 11.6 Å². The number of benzene rings is 2. The summed E-state index contributed by atoms with van der Waals surface area (Å²) in [5, 5.41) is 30.0. The van der Waals surface area contributed by atoms with Gasteiger partial charge in [0.1, 0.15) is 16.1 Å². The fourth-order valence-corrected chi connectivity index (χ4v) is 4.32. The molecule has 0 fully saturated rings. The Balaban J connectivity index is 1.75. The SMILES string of the molecule is N#Cc1c(N)sc(/N=N/c2nc3ccc([N+](=O)[O-])cc3s2)c1-c1ccccc1. The number of non-ortho nitro benzene ring substituents is 1. The molecule has 10 heteroatoms. The number of nitro benzene ring substituents is 1. The number of nitrogen functional groups attached to an aromatic ring is 1. The molecule has 28 heavy (non-hydrogen) atoms. The van der Waals surface area contributed by atoms with Crippen LogP contribution in [0.3, 0.4) is 0 Å². The Labute approximate surface area is 166 Å². The number of anilines is 1. The summed E-state index contributed by atoms with van der Waals surface area (Å²) in [5.74, 6) is 0. The van der Waals surface area contributed by atoms with Crippen LogP contribution in [0.5, 0.6) is 0 Å². The summed E-state index contributed by atoms with van der Waals surface area (Å²) in [4.78, 5) is 14.8. The van der Waals surface area contributed by atoms with Gasteiger partial charge in [-0.25, -0.2) is 4.98 Å². The van der Waals surface area contributed by atoms with E-state index < -0.39 is 4.92 Å². The van der Waals surface area contributed by atoms with Crippen LogP contribution in [0.4, 0.5) is 20.8 Å². The van der Waals surface area contributed by atoms with E-state index in [0.717, 1.165) is 5.56 Å². The molecule has 0 aliphatic heterocycles. The number of nitrogens with two attached hydrogens (primary N) is 1. The number of fused-ring (bicyclic) bond motifs is 1. The van der Waals surface area contributed by atoms with Gasteiger partial charge in [0.25, 0.3) is 5.69 Å². The number of hydrogen-bond donors (Lipinski definition) is 1. The molecule has 4 rings (SSSR count). The quantitative estimate of drug-likeness (QED) is 0.260. The lowest BCUT2D eigenvalue weighted by molar-refractivity contribution is -0.384. The zero-order valence-corrected chi connectivity index (χ0v) is 15.7. The third kappa shape index (κ3) is 3.20. The van der Waals surface area contributed by atoms with Crippen LogP contribution in [0.1, 0.15) is 5.56 Å². The Morgan fingerprint density at radius 3 is 2.64 bits per heavy atom. The lowest BCUT2D eigenvalue weighted by Crippen LogP contribution is -1.85. The summed E-state index contributed by atoms with van der Waals surface area (Å²) in [6.45, 7) is 0. The Morgan fingerprint density at radius 2 is 1.93 bits per heavy atom. The minimum atomic E-state index is -0.454. The van der Waals surface area contributed by atoms with Gasteiger partial charge < -0.3 is 5.73 Å². The Hall–Kier alpha value is -3.68. The summed E-state index contributed by atoms with van der Waals surface area (Å²) >= 11 is 2.37. The molecule has 2 aromatic heterocycles. The number of aromatic nitrogens is 1. The van der Waals surface area contributed by atoms with Crippen LogP contribution in [0.2, 0.25) is 0 Å². The molecule has 0 atom stereocenters. The van der Waals surface area contributed by atoms with Gasteiger partial charge in [0.15, 0.2) is 0 Å². The highest BCUT2D eigenvalue weighted by atomic mass is 32.1. The highest BCUT2D eigenvalue weighted by molar-refractivity contribution is 7.22. The summed E-state index contributed by atoms with van der Waals surface area (Å²) in [6.07, 6.45) is 0. The molecule has 2 heterocycles. The van der Waals surface area contributed by atoms with Crippen LogP contribution in [0.25, 0.3) is 21.3 Å². The van der Waals surface area contributed by atoms with E-state index in [0.29, 0.717) is 36.5 Å². The number of azo groups is 1. The molecule has 0 aliphatic rings. The van der Waals surface area contributed by atoms with Crippen molar-refractivity contribution in [3.8, 4) is 17.2 Å². The maximum absolute atomic E-state index is 10.9. The molecule has 4 aromatic rings. The van der Waals surface area contributed by atoms with Crippen molar-refractivity contribution in [1.82, 2.24) is 4.98 Å². The first-order valence-corrected chi connectivity index (χ1v) is 9.54. The highest BCUT2D eigenvalue weighted by Gasteiger charge is 2.18. The van der Waals surface area contributed by atoms with Gasteiger partial charge in [-0.3, -0.25) is 10.1 Å². The number of nitro groups is 1. The molecular formula is C18H10N6O2S2. The Kier molecular flexibility index (Phi) is 4.52. The van der Waals surface area contributed by atoms with Crippen molar-refractivity contribution < 1.29 is 4.92 Å². The van der Waals surface area contributed by atoms with Gasteiger partial charge >= 0.3 is 0 Å². The zero-order valence-electron chi connectivity index (χ0n) is 14.1. The van der Waals surface area contributed by atoms with Crippen LogP contribution in [-0.2, 0) is 0 Å². The second-order valence-electron chi connectivity index (χ2n) is 5.60. The average Bonchev–Trinajstić information content (AvgIpc) is 3.25. The topological polar surface area (TPSA) is 131 Å². The van der Waals surface area contributed by atoms with Crippen molar-refractivity contribution in [2.45, 2.75) is 0 Å². The first kappa shape index (κ1) is 17.7. The van der Waals surface area contributed by atoms with Gasteiger partial charge in [-0.2, -0.15) is 5.26 Å². The van der Waals surface area contributed by atoms with Crippen LogP contribution < -0.4 is 5.73 Å². The lowest BCUT2D eigenvalue weighted by Gasteiger charge is -2.00.